The van der Waals surface area contributed by atoms with Crippen molar-refractivity contribution in [3.05, 3.63) is 29.3 Å². The van der Waals surface area contributed by atoms with Crippen LogP contribution in [-0.2, 0) is 20.4 Å². The molecule has 0 aromatic heterocycles. The molecule has 7 heteroatoms. The molecule has 1 aromatic carbocycles. The van der Waals surface area contributed by atoms with Crippen molar-refractivity contribution in [1.82, 2.24) is 0 Å². The summed E-state index contributed by atoms with van der Waals surface area (Å²) >= 11 is 0. The van der Waals surface area contributed by atoms with E-state index in [-0.39, 0.29) is 11.1 Å². The Balaban J connectivity index is 3.26. The van der Waals surface area contributed by atoms with Gasteiger partial charge in [-0.25, -0.2) is 8.42 Å². The number of benzene rings is 1. The third-order valence-electron chi connectivity index (χ3n) is 3.00. The predicted molar refractivity (Wildman–Crippen MR) is 76.6 cm³/mol. The summed E-state index contributed by atoms with van der Waals surface area (Å²) in [6.07, 6.45) is 0. The first kappa shape index (κ1) is 17.0. The number of nitriles is 1. The molecule has 21 heavy (non-hydrogen) atoms. The first-order valence-corrected chi connectivity index (χ1v) is 7.96. The van der Waals surface area contributed by atoms with Gasteiger partial charge in [0, 0.05) is 5.56 Å². The minimum Gasteiger partial charge on any atom is -0.496 e. The summed E-state index contributed by atoms with van der Waals surface area (Å²) in [6, 6.07) is 6.31. The van der Waals surface area contributed by atoms with Crippen molar-refractivity contribution in [2.24, 2.45) is 5.92 Å². The quantitative estimate of drug-likeness (QED) is 0.855. The van der Waals surface area contributed by atoms with Crippen molar-refractivity contribution < 1.29 is 23.1 Å². The van der Waals surface area contributed by atoms with Crippen LogP contribution in [0, 0.1) is 17.2 Å². The lowest BCUT2D eigenvalue weighted by atomic mass is 10.1. The minimum absolute atomic E-state index is 0.281. The summed E-state index contributed by atoms with van der Waals surface area (Å²) in [5.41, 5.74) is 0.570. The van der Waals surface area contributed by atoms with Crippen LogP contribution in [0.25, 0.3) is 0 Å². The summed E-state index contributed by atoms with van der Waals surface area (Å²) in [5, 5.41) is 16.5. The van der Waals surface area contributed by atoms with Gasteiger partial charge in [-0.05, 0) is 24.1 Å². The van der Waals surface area contributed by atoms with Crippen LogP contribution in [0.1, 0.15) is 25.0 Å². The smallest absolute Gasteiger partial charge is 0.322 e. The second-order valence-corrected chi connectivity index (χ2v) is 7.07. The number of aliphatic carboxylic acids is 1. The molecular formula is C14H17NO5S. The lowest BCUT2D eigenvalue weighted by Gasteiger charge is -2.18. The zero-order valence-electron chi connectivity index (χ0n) is 12.0. The van der Waals surface area contributed by atoms with Gasteiger partial charge in [-0.15, -0.1) is 0 Å². The van der Waals surface area contributed by atoms with Crippen LogP contribution in [0.4, 0.5) is 0 Å². The van der Waals surface area contributed by atoms with Crippen LogP contribution in [0.5, 0.6) is 5.75 Å². The average Bonchev–Trinajstić information content (AvgIpc) is 2.36. The number of methoxy groups -OCH3 is 1. The molecule has 0 amide bonds. The second-order valence-electron chi connectivity index (χ2n) is 4.95. The number of carboxylic acid groups (broad SMARTS) is 1. The fourth-order valence-electron chi connectivity index (χ4n) is 2.12. The summed E-state index contributed by atoms with van der Waals surface area (Å²) in [6.45, 7) is 3.08. The Morgan fingerprint density at radius 1 is 1.43 bits per heavy atom. The highest BCUT2D eigenvalue weighted by atomic mass is 32.2. The number of carboxylic acids is 1. The molecule has 0 aliphatic heterocycles. The molecule has 6 nitrogen and oxygen atoms in total. The molecule has 0 bridgehead atoms. The third-order valence-corrected chi connectivity index (χ3v) is 5.24. The van der Waals surface area contributed by atoms with E-state index < -0.39 is 32.7 Å². The predicted octanol–water partition coefficient (Wildman–Crippen LogP) is 1.59. The molecule has 1 rings (SSSR count). The van der Waals surface area contributed by atoms with Crippen LogP contribution in [0.3, 0.4) is 0 Å². The Hall–Kier alpha value is -2.07. The molecule has 0 fully saturated rings. The van der Waals surface area contributed by atoms with Crippen molar-refractivity contribution >= 4 is 15.8 Å². The van der Waals surface area contributed by atoms with Crippen LogP contribution in [0.15, 0.2) is 18.2 Å². The first-order valence-electron chi connectivity index (χ1n) is 6.24. The maximum atomic E-state index is 12.3. The molecule has 0 radical (unpaired) electrons. The zero-order chi connectivity index (χ0) is 16.2. The van der Waals surface area contributed by atoms with Crippen molar-refractivity contribution in [2.75, 3.05) is 7.11 Å². The molecule has 0 aliphatic carbocycles. The molecule has 1 unspecified atom stereocenters. The van der Waals surface area contributed by atoms with E-state index >= 15 is 0 Å². The van der Waals surface area contributed by atoms with E-state index in [2.05, 4.69) is 0 Å². The highest BCUT2D eigenvalue weighted by molar-refractivity contribution is 7.92. The van der Waals surface area contributed by atoms with E-state index in [0.717, 1.165) is 0 Å². The molecular weight excluding hydrogens is 294 g/mol. The van der Waals surface area contributed by atoms with Crippen molar-refractivity contribution in [1.29, 1.82) is 5.26 Å². The number of rotatable bonds is 6. The van der Waals surface area contributed by atoms with Crippen LogP contribution >= 0.6 is 0 Å². The zero-order valence-corrected chi connectivity index (χ0v) is 12.8. The molecule has 1 atom stereocenters. The van der Waals surface area contributed by atoms with Gasteiger partial charge in [0.2, 0.25) is 0 Å². The summed E-state index contributed by atoms with van der Waals surface area (Å²) in [5.74, 6) is -2.11. The van der Waals surface area contributed by atoms with Crippen molar-refractivity contribution in [2.45, 2.75) is 24.9 Å². The van der Waals surface area contributed by atoms with Gasteiger partial charge < -0.3 is 9.84 Å². The molecule has 0 spiro atoms. The normalized spacial score (nSPS) is 12.7. The fourth-order valence-corrected chi connectivity index (χ4v) is 4.10. The van der Waals surface area contributed by atoms with Gasteiger partial charge in [-0.2, -0.15) is 5.26 Å². The van der Waals surface area contributed by atoms with Gasteiger partial charge in [0.25, 0.3) is 0 Å². The number of hydrogen-bond donors (Lipinski definition) is 1. The number of sulfone groups is 1. The Morgan fingerprint density at radius 2 is 2.05 bits per heavy atom. The maximum absolute atomic E-state index is 12.3. The summed E-state index contributed by atoms with van der Waals surface area (Å²) in [7, 11) is -2.54. The topological polar surface area (TPSA) is 104 Å². The molecule has 0 saturated carbocycles. The van der Waals surface area contributed by atoms with Crippen molar-refractivity contribution in [3.63, 3.8) is 0 Å². The molecule has 0 aliphatic rings. The fraction of sp³-hybridized carbons (Fsp3) is 0.429. The van der Waals surface area contributed by atoms with Gasteiger partial charge in [-0.1, -0.05) is 13.8 Å². The number of hydrogen-bond acceptors (Lipinski definition) is 5. The Bertz CT molecular complexity index is 673. The van der Waals surface area contributed by atoms with E-state index in [0.29, 0.717) is 5.75 Å². The third kappa shape index (κ3) is 3.95. The van der Waals surface area contributed by atoms with Crippen molar-refractivity contribution in [3.8, 4) is 11.8 Å². The van der Waals surface area contributed by atoms with Gasteiger partial charge in [0.1, 0.15) is 5.75 Å². The second kappa shape index (κ2) is 6.59. The van der Waals surface area contributed by atoms with Gasteiger partial charge in [0.05, 0.1) is 24.5 Å². The number of ether oxygens (including phenoxy) is 1. The average molecular weight is 311 g/mol. The number of carbonyl (C=O) groups is 1. The van der Waals surface area contributed by atoms with E-state index in [4.69, 9.17) is 15.1 Å². The highest BCUT2D eigenvalue weighted by Gasteiger charge is 2.35. The standard InChI is InChI=1S/C14H17NO5S/c1-9(2)13(14(16)17)21(18,19)8-11-6-10(7-15)4-5-12(11)20-3/h4-6,9,13H,8H2,1-3H3,(H,16,17). The lowest BCUT2D eigenvalue weighted by Crippen LogP contribution is -2.35. The van der Waals surface area contributed by atoms with Gasteiger partial charge in [-0.3, -0.25) is 4.79 Å². The maximum Gasteiger partial charge on any atom is 0.322 e. The van der Waals surface area contributed by atoms with E-state index in [9.17, 15) is 13.2 Å². The lowest BCUT2D eigenvalue weighted by molar-refractivity contribution is -0.137. The molecule has 1 aromatic rings. The Morgan fingerprint density at radius 3 is 2.48 bits per heavy atom. The van der Waals surface area contributed by atoms with Crippen LogP contribution in [-0.4, -0.2) is 31.9 Å². The molecule has 1 N–H and O–H groups in total. The Labute approximate surface area is 123 Å². The summed E-state index contributed by atoms with van der Waals surface area (Å²) in [4.78, 5) is 11.2. The van der Waals surface area contributed by atoms with E-state index in [1.165, 1.54) is 25.3 Å². The van der Waals surface area contributed by atoms with Gasteiger partial charge >= 0.3 is 5.97 Å². The highest BCUT2D eigenvalue weighted by Crippen LogP contribution is 2.25. The summed E-state index contributed by atoms with van der Waals surface area (Å²) < 4.78 is 29.7. The monoisotopic (exact) mass is 311 g/mol. The van der Waals surface area contributed by atoms with E-state index in [1.54, 1.807) is 13.8 Å². The van der Waals surface area contributed by atoms with E-state index in [1.807, 2.05) is 6.07 Å². The largest absolute Gasteiger partial charge is 0.496 e. The Kier molecular flexibility index (Phi) is 5.33. The SMILES string of the molecule is COc1ccc(C#N)cc1CS(=O)(=O)C(C(=O)O)C(C)C. The van der Waals surface area contributed by atoms with Crippen LogP contribution < -0.4 is 4.74 Å². The molecule has 0 heterocycles. The number of nitrogens with zero attached hydrogens (tertiary/aromatic N) is 1. The molecule has 0 saturated heterocycles. The minimum atomic E-state index is -3.92. The van der Waals surface area contributed by atoms with Gasteiger partial charge in [0.15, 0.2) is 15.1 Å². The molecule has 114 valence electrons. The first-order chi connectivity index (χ1) is 9.72. The van der Waals surface area contributed by atoms with Crippen LogP contribution in [0.2, 0.25) is 0 Å².